The Labute approximate surface area is 120 Å². The average Bonchev–Trinajstić information content (AvgIpc) is 2.91. The number of rotatable bonds is 2. The van der Waals surface area contributed by atoms with Crippen molar-refractivity contribution in [1.82, 2.24) is 15.1 Å². The lowest BCUT2D eigenvalue weighted by atomic mass is 10.2. The highest BCUT2D eigenvalue weighted by atomic mass is 35.5. The summed E-state index contributed by atoms with van der Waals surface area (Å²) in [6.45, 7) is 1.97. The molecule has 6 heteroatoms. The van der Waals surface area contributed by atoms with Crippen LogP contribution in [0.15, 0.2) is 41.1 Å². The summed E-state index contributed by atoms with van der Waals surface area (Å²) < 4.78 is 5.24. The Morgan fingerprint density at radius 3 is 2.85 bits per heavy atom. The van der Waals surface area contributed by atoms with Crippen LogP contribution in [0, 0.1) is 6.92 Å². The van der Waals surface area contributed by atoms with Crippen LogP contribution in [0.4, 0.5) is 5.69 Å². The number of halogens is 1. The second-order valence-electron chi connectivity index (χ2n) is 4.38. The minimum atomic E-state index is 0.320. The Kier molecular flexibility index (Phi) is 3.12. The monoisotopic (exact) mass is 286 g/mol. The van der Waals surface area contributed by atoms with Gasteiger partial charge >= 0.3 is 0 Å². The van der Waals surface area contributed by atoms with Crippen molar-refractivity contribution in [2.75, 3.05) is 5.73 Å². The highest BCUT2D eigenvalue weighted by molar-refractivity contribution is 6.33. The van der Waals surface area contributed by atoms with E-state index in [1.54, 1.807) is 24.4 Å². The number of hydrogen-bond donors (Lipinski definition) is 1. The largest absolute Gasteiger partial charge is 0.399 e. The van der Waals surface area contributed by atoms with Gasteiger partial charge in [0.15, 0.2) is 0 Å². The average molecular weight is 287 g/mol. The van der Waals surface area contributed by atoms with Gasteiger partial charge < -0.3 is 10.3 Å². The third-order valence-corrected chi connectivity index (χ3v) is 3.12. The molecular weight excluding hydrogens is 276 g/mol. The van der Waals surface area contributed by atoms with Crippen molar-refractivity contribution < 1.29 is 4.52 Å². The molecule has 100 valence electrons. The Morgan fingerprint density at radius 2 is 2.05 bits per heavy atom. The van der Waals surface area contributed by atoms with Gasteiger partial charge in [0.1, 0.15) is 5.69 Å². The minimum absolute atomic E-state index is 0.320. The van der Waals surface area contributed by atoms with E-state index in [1.807, 2.05) is 19.1 Å². The lowest BCUT2D eigenvalue weighted by molar-refractivity contribution is 0.432. The van der Waals surface area contributed by atoms with Gasteiger partial charge in [0.05, 0.1) is 10.6 Å². The summed E-state index contributed by atoms with van der Waals surface area (Å²) in [4.78, 5) is 8.53. The third-order valence-electron chi connectivity index (χ3n) is 2.79. The SMILES string of the molecule is Cc1ccnc(-c2noc(-c3cc(N)ccc3Cl)n2)c1. The molecule has 0 atom stereocenters. The number of nitrogens with two attached hydrogens (primary N) is 1. The highest BCUT2D eigenvalue weighted by Crippen LogP contribution is 2.29. The second kappa shape index (κ2) is 4.94. The first-order chi connectivity index (χ1) is 9.63. The van der Waals surface area contributed by atoms with Gasteiger partial charge in [-0.3, -0.25) is 4.98 Å². The summed E-state index contributed by atoms with van der Waals surface area (Å²) >= 11 is 6.11. The molecule has 1 aromatic carbocycles. The van der Waals surface area contributed by atoms with Crippen molar-refractivity contribution in [3.05, 3.63) is 47.1 Å². The number of pyridine rings is 1. The number of hydrogen-bond acceptors (Lipinski definition) is 5. The zero-order chi connectivity index (χ0) is 14.1. The molecule has 0 aliphatic carbocycles. The molecule has 0 spiro atoms. The van der Waals surface area contributed by atoms with Crippen LogP contribution >= 0.6 is 11.6 Å². The Balaban J connectivity index is 2.04. The predicted octanol–water partition coefficient (Wildman–Crippen LogP) is 3.34. The molecular formula is C14H11ClN4O. The summed E-state index contributed by atoms with van der Waals surface area (Å²) in [6, 6.07) is 8.89. The Bertz CT molecular complexity index is 769. The topological polar surface area (TPSA) is 77.8 Å². The van der Waals surface area contributed by atoms with Crippen LogP contribution < -0.4 is 5.73 Å². The minimum Gasteiger partial charge on any atom is -0.399 e. The van der Waals surface area contributed by atoms with Crippen molar-refractivity contribution in [2.24, 2.45) is 0 Å². The third kappa shape index (κ3) is 2.35. The van der Waals surface area contributed by atoms with E-state index in [4.69, 9.17) is 21.9 Å². The number of aryl methyl sites for hydroxylation is 1. The molecule has 2 aromatic heterocycles. The first-order valence-electron chi connectivity index (χ1n) is 5.95. The molecule has 0 fully saturated rings. The summed E-state index contributed by atoms with van der Waals surface area (Å²) in [6.07, 6.45) is 1.70. The van der Waals surface area contributed by atoms with E-state index >= 15 is 0 Å². The second-order valence-corrected chi connectivity index (χ2v) is 4.79. The van der Waals surface area contributed by atoms with Crippen LogP contribution in [0.25, 0.3) is 23.0 Å². The van der Waals surface area contributed by atoms with Gasteiger partial charge in [0, 0.05) is 11.9 Å². The number of benzene rings is 1. The Hall–Kier alpha value is -2.40. The van der Waals surface area contributed by atoms with E-state index < -0.39 is 0 Å². The predicted molar refractivity (Wildman–Crippen MR) is 77.1 cm³/mol. The van der Waals surface area contributed by atoms with Gasteiger partial charge in [0.2, 0.25) is 5.82 Å². The Morgan fingerprint density at radius 1 is 1.20 bits per heavy atom. The van der Waals surface area contributed by atoms with Crippen LogP contribution in [0.5, 0.6) is 0 Å². The maximum Gasteiger partial charge on any atom is 0.259 e. The van der Waals surface area contributed by atoms with E-state index in [0.717, 1.165) is 5.56 Å². The number of nitrogens with zero attached hydrogens (tertiary/aromatic N) is 3. The number of nitrogen functional groups attached to an aromatic ring is 1. The smallest absolute Gasteiger partial charge is 0.259 e. The maximum absolute atomic E-state index is 6.11. The quantitative estimate of drug-likeness (QED) is 0.731. The van der Waals surface area contributed by atoms with Crippen molar-refractivity contribution >= 4 is 17.3 Å². The van der Waals surface area contributed by atoms with Crippen LogP contribution in [-0.4, -0.2) is 15.1 Å². The standard InChI is InChI=1S/C14H11ClN4O/c1-8-4-5-17-12(6-8)13-18-14(20-19-13)10-7-9(16)2-3-11(10)15/h2-7H,16H2,1H3. The summed E-state index contributed by atoms with van der Waals surface area (Å²) in [5.41, 5.74) is 8.66. The first kappa shape index (κ1) is 12.6. The molecule has 0 saturated heterocycles. The van der Waals surface area contributed by atoms with Gasteiger partial charge in [-0.1, -0.05) is 16.8 Å². The normalized spacial score (nSPS) is 10.7. The molecule has 3 aromatic rings. The van der Waals surface area contributed by atoms with E-state index in [1.165, 1.54) is 0 Å². The van der Waals surface area contributed by atoms with Gasteiger partial charge in [0.25, 0.3) is 5.89 Å². The molecule has 0 saturated carbocycles. The fourth-order valence-electron chi connectivity index (χ4n) is 1.80. The van der Waals surface area contributed by atoms with Crippen molar-refractivity contribution in [1.29, 1.82) is 0 Å². The molecule has 2 heterocycles. The van der Waals surface area contributed by atoms with Crippen molar-refractivity contribution in [2.45, 2.75) is 6.92 Å². The van der Waals surface area contributed by atoms with Crippen LogP contribution in [-0.2, 0) is 0 Å². The number of aromatic nitrogens is 3. The van der Waals surface area contributed by atoms with Gasteiger partial charge in [-0.15, -0.1) is 0 Å². The number of anilines is 1. The first-order valence-corrected chi connectivity index (χ1v) is 6.33. The lowest BCUT2D eigenvalue weighted by Crippen LogP contribution is -1.88. The van der Waals surface area contributed by atoms with Crippen molar-refractivity contribution in [3.8, 4) is 23.0 Å². The molecule has 2 N–H and O–H groups in total. The van der Waals surface area contributed by atoms with Gasteiger partial charge in [-0.05, 0) is 42.8 Å². The molecule has 0 amide bonds. The fraction of sp³-hybridized carbons (Fsp3) is 0.0714. The lowest BCUT2D eigenvalue weighted by Gasteiger charge is -1.99. The van der Waals surface area contributed by atoms with Crippen molar-refractivity contribution in [3.63, 3.8) is 0 Å². The van der Waals surface area contributed by atoms with Gasteiger partial charge in [-0.2, -0.15) is 4.98 Å². The molecule has 0 radical (unpaired) electrons. The molecule has 3 rings (SSSR count). The highest BCUT2D eigenvalue weighted by Gasteiger charge is 2.14. The van der Waals surface area contributed by atoms with Crippen LogP contribution in [0.2, 0.25) is 5.02 Å². The molecule has 0 aliphatic rings. The summed E-state index contributed by atoms with van der Waals surface area (Å²) in [7, 11) is 0. The molecule has 0 unspecified atom stereocenters. The zero-order valence-corrected chi connectivity index (χ0v) is 11.4. The van der Waals surface area contributed by atoms with Gasteiger partial charge in [-0.25, -0.2) is 0 Å². The molecule has 0 aliphatic heterocycles. The van der Waals surface area contributed by atoms with E-state index in [9.17, 15) is 0 Å². The summed E-state index contributed by atoms with van der Waals surface area (Å²) in [5, 5.41) is 4.43. The van der Waals surface area contributed by atoms with E-state index in [-0.39, 0.29) is 0 Å². The zero-order valence-electron chi connectivity index (χ0n) is 10.7. The van der Waals surface area contributed by atoms with E-state index in [0.29, 0.717) is 33.7 Å². The fourth-order valence-corrected chi connectivity index (χ4v) is 2.00. The molecule has 20 heavy (non-hydrogen) atoms. The van der Waals surface area contributed by atoms with E-state index in [2.05, 4.69) is 15.1 Å². The van der Waals surface area contributed by atoms with Crippen LogP contribution in [0.1, 0.15) is 5.56 Å². The summed E-state index contributed by atoms with van der Waals surface area (Å²) in [5.74, 6) is 0.739. The molecule has 5 nitrogen and oxygen atoms in total. The molecule has 0 bridgehead atoms. The van der Waals surface area contributed by atoms with Crippen LogP contribution in [0.3, 0.4) is 0 Å². The maximum atomic E-state index is 6.11.